The first-order valence-corrected chi connectivity index (χ1v) is 8.46. The number of piperidine rings is 1. The van der Waals surface area contributed by atoms with Gasteiger partial charge in [-0.2, -0.15) is 0 Å². The van der Waals surface area contributed by atoms with E-state index in [9.17, 15) is 9.59 Å². The van der Waals surface area contributed by atoms with E-state index in [-0.39, 0.29) is 18.0 Å². The summed E-state index contributed by atoms with van der Waals surface area (Å²) in [7, 11) is 4.12. The zero-order valence-electron chi connectivity index (χ0n) is 15.0. The van der Waals surface area contributed by atoms with Crippen LogP contribution in [0.25, 0.3) is 0 Å². The third-order valence-electron chi connectivity index (χ3n) is 4.46. The molecule has 3 amide bonds. The number of carbonyl (C=O) groups is 2. The molecule has 0 aliphatic carbocycles. The molecule has 132 valence electrons. The maximum atomic E-state index is 12.5. The number of likely N-dealkylation sites (tertiary alicyclic amines) is 1. The fraction of sp³-hybridized carbons (Fsp3) is 0.556. The van der Waals surface area contributed by atoms with Crippen LogP contribution in [0.5, 0.6) is 0 Å². The molecule has 0 bridgehead atoms. The van der Waals surface area contributed by atoms with Crippen LogP contribution < -0.4 is 10.6 Å². The van der Waals surface area contributed by atoms with Crippen LogP contribution in [-0.4, -0.2) is 55.0 Å². The van der Waals surface area contributed by atoms with Crippen LogP contribution in [0.1, 0.15) is 38.3 Å². The average Bonchev–Trinajstić information content (AvgIpc) is 2.54. The molecular formula is C18H28N4O2. The summed E-state index contributed by atoms with van der Waals surface area (Å²) in [5, 5.41) is 5.83. The van der Waals surface area contributed by atoms with E-state index in [4.69, 9.17) is 0 Å². The Morgan fingerprint density at radius 2 is 2.08 bits per heavy atom. The second kappa shape index (κ2) is 8.15. The Hall–Kier alpha value is -2.08. The highest BCUT2D eigenvalue weighted by molar-refractivity contribution is 5.88. The molecular weight excluding hydrogens is 304 g/mol. The van der Waals surface area contributed by atoms with Gasteiger partial charge in [-0.25, -0.2) is 4.79 Å². The van der Waals surface area contributed by atoms with Gasteiger partial charge in [-0.3, -0.25) is 4.79 Å². The number of carbonyl (C=O) groups excluding carboxylic acids is 2. The first kappa shape index (κ1) is 18.3. The zero-order chi connectivity index (χ0) is 17.7. The predicted molar refractivity (Wildman–Crippen MR) is 96.0 cm³/mol. The molecule has 0 saturated carbocycles. The summed E-state index contributed by atoms with van der Waals surface area (Å²) in [5.74, 6) is -0.105. The Morgan fingerprint density at radius 1 is 1.33 bits per heavy atom. The van der Waals surface area contributed by atoms with E-state index in [0.717, 1.165) is 37.2 Å². The topological polar surface area (TPSA) is 64.7 Å². The molecule has 2 N–H and O–H groups in total. The van der Waals surface area contributed by atoms with Crippen molar-refractivity contribution in [3.8, 4) is 0 Å². The second-order valence-corrected chi connectivity index (χ2v) is 6.68. The van der Waals surface area contributed by atoms with Gasteiger partial charge in [-0.05, 0) is 51.6 Å². The van der Waals surface area contributed by atoms with Crippen molar-refractivity contribution >= 4 is 17.6 Å². The number of anilines is 1. The highest BCUT2D eigenvalue weighted by Crippen LogP contribution is 2.19. The van der Waals surface area contributed by atoms with E-state index in [2.05, 4.69) is 29.6 Å². The summed E-state index contributed by atoms with van der Waals surface area (Å²) in [6, 6.07) is 7.84. The van der Waals surface area contributed by atoms with E-state index in [0.29, 0.717) is 6.04 Å². The Kier molecular flexibility index (Phi) is 6.20. The van der Waals surface area contributed by atoms with Crippen molar-refractivity contribution in [1.82, 2.24) is 15.1 Å². The minimum atomic E-state index is -0.119. The smallest absolute Gasteiger partial charge is 0.317 e. The van der Waals surface area contributed by atoms with Gasteiger partial charge >= 0.3 is 6.03 Å². The van der Waals surface area contributed by atoms with Crippen LogP contribution in [-0.2, 0) is 4.79 Å². The summed E-state index contributed by atoms with van der Waals surface area (Å²) < 4.78 is 0. The number of rotatable bonds is 4. The summed E-state index contributed by atoms with van der Waals surface area (Å²) in [6.07, 6.45) is 2.16. The lowest BCUT2D eigenvalue weighted by atomic mass is 10.0. The van der Waals surface area contributed by atoms with E-state index in [1.807, 2.05) is 36.1 Å². The third kappa shape index (κ3) is 4.96. The van der Waals surface area contributed by atoms with Gasteiger partial charge in [0.2, 0.25) is 5.91 Å². The van der Waals surface area contributed by atoms with Gasteiger partial charge in [0.05, 0.1) is 6.04 Å². The molecule has 1 saturated heterocycles. The normalized spacial score (nSPS) is 19.0. The summed E-state index contributed by atoms with van der Waals surface area (Å²) in [4.78, 5) is 27.8. The maximum Gasteiger partial charge on any atom is 0.317 e. The lowest BCUT2D eigenvalue weighted by Gasteiger charge is -2.36. The standard InChI is InChI=1S/C18H28N4O2/c1-13(15-7-5-8-16(11-15)20-14(2)23)19-18(24)22-10-6-9-17(12-22)21(3)4/h5,7-8,11,13,17H,6,9-10,12H2,1-4H3,(H,19,24)(H,20,23)/t13-,17-/m0/s1. The van der Waals surface area contributed by atoms with Crippen LogP contribution in [0.3, 0.4) is 0 Å². The third-order valence-corrected chi connectivity index (χ3v) is 4.46. The number of hydrogen-bond acceptors (Lipinski definition) is 3. The Balaban J connectivity index is 1.97. The molecule has 0 radical (unpaired) electrons. The number of benzene rings is 1. The molecule has 0 spiro atoms. The molecule has 1 heterocycles. The fourth-order valence-electron chi connectivity index (χ4n) is 3.01. The molecule has 2 rings (SSSR count). The molecule has 1 fully saturated rings. The van der Waals surface area contributed by atoms with E-state index in [1.165, 1.54) is 6.92 Å². The SMILES string of the molecule is CC(=O)Nc1cccc([C@H](C)NC(=O)N2CCC[C@H](N(C)C)C2)c1. The zero-order valence-corrected chi connectivity index (χ0v) is 15.0. The van der Waals surface area contributed by atoms with Crippen LogP contribution in [0.4, 0.5) is 10.5 Å². The van der Waals surface area contributed by atoms with Gasteiger partial charge in [-0.15, -0.1) is 0 Å². The number of nitrogens with one attached hydrogen (secondary N) is 2. The van der Waals surface area contributed by atoms with Crippen molar-refractivity contribution in [2.45, 2.75) is 38.8 Å². The molecule has 1 aliphatic heterocycles. The van der Waals surface area contributed by atoms with Gasteiger partial charge in [0.25, 0.3) is 0 Å². The van der Waals surface area contributed by atoms with Crippen molar-refractivity contribution in [2.24, 2.45) is 0 Å². The number of amides is 3. The fourth-order valence-corrected chi connectivity index (χ4v) is 3.01. The van der Waals surface area contributed by atoms with Gasteiger partial charge < -0.3 is 20.4 Å². The highest BCUT2D eigenvalue weighted by Gasteiger charge is 2.25. The summed E-state index contributed by atoms with van der Waals surface area (Å²) >= 11 is 0. The second-order valence-electron chi connectivity index (χ2n) is 6.68. The molecule has 6 nitrogen and oxygen atoms in total. The maximum absolute atomic E-state index is 12.5. The van der Waals surface area contributed by atoms with Crippen LogP contribution in [0.2, 0.25) is 0 Å². The minimum Gasteiger partial charge on any atom is -0.331 e. The lowest BCUT2D eigenvalue weighted by Crippen LogP contribution is -2.51. The number of hydrogen-bond donors (Lipinski definition) is 2. The van der Waals surface area contributed by atoms with Gasteiger partial charge in [0.15, 0.2) is 0 Å². The first-order chi connectivity index (χ1) is 11.4. The van der Waals surface area contributed by atoms with E-state index < -0.39 is 0 Å². The first-order valence-electron chi connectivity index (χ1n) is 8.46. The van der Waals surface area contributed by atoms with Crippen molar-refractivity contribution in [3.63, 3.8) is 0 Å². The Morgan fingerprint density at radius 3 is 2.75 bits per heavy atom. The average molecular weight is 332 g/mol. The molecule has 1 aromatic rings. The highest BCUT2D eigenvalue weighted by atomic mass is 16.2. The van der Waals surface area contributed by atoms with Crippen LogP contribution in [0, 0.1) is 0 Å². The van der Waals surface area contributed by atoms with Crippen LogP contribution in [0.15, 0.2) is 24.3 Å². The summed E-state index contributed by atoms with van der Waals surface area (Å²) in [5.41, 5.74) is 1.71. The van der Waals surface area contributed by atoms with Crippen LogP contribution >= 0.6 is 0 Å². The van der Waals surface area contributed by atoms with Gasteiger partial charge in [-0.1, -0.05) is 12.1 Å². The molecule has 0 unspecified atom stereocenters. The Bertz CT molecular complexity index is 588. The number of nitrogens with zero attached hydrogens (tertiary/aromatic N) is 2. The van der Waals surface area contributed by atoms with Crippen molar-refractivity contribution < 1.29 is 9.59 Å². The predicted octanol–water partition coefficient (Wildman–Crippen LogP) is 2.44. The summed E-state index contributed by atoms with van der Waals surface area (Å²) in [6.45, 7) is 5.00. The Labute approximate surface area is 144 Å². The van der Waals surface area contributed by atoms with E-state index in [1.54, 1.807) is 0 Å². The molecule has 6 heteroatoms. The monoisotopic (exact) mass is 332 g/mol. The lowest BCUT2D eigenvalue weighted by molar-refractivity contribution is -0.114. The van der Waals surface area contributed by atoms with Crippen molar-refractivity contribution in [3.05, 3.63) is 29.8 Å². The number of urea groups is 1. The molecule has 2 atom stereocenters. The molecule has 24 heavy (non-hydrogen) atoms. The quantitative estimate of drug-likeness (QED) is 0.890. The number of likely N-dealkylation sites (N-methyl/N-ethyl adjacent to an activating group) is 1. The van der Waals surface area contributed by atoms with E-state index >= 15 is 0 Å². The van der Waals surface area contributed by atoms with Crippen molar-refractivity contribution in [2.75, 3.05) is 32.5 Å². The molecule has 1 aliphatic rings. The largest absolute Gasteiger partial charge is 0.331 e. The van der Waals surface area contributed by atoms with Gasteiger partial charge in [0, 0.05) is 31.7 Å². The molecule has 1 aromatic carbocycles. The minimum absolute atomic E-state index is 0.0287. The van der Waals surface area contributed by atoms with Crippen molar-refractivity contribution in [1.29, 1.82) is 0 Å². The van der Waals surface area contributed by atoms with Gasteiger partial charge in [0.1, 0.15) is 0 Å². The molecule has 0 aromatic heterocycles.